The number of hydrogen-bond acceptors (Lipinski definition) is 3. The Labute approximate surface area is 187 Å². The highest BCUT2D eigenvalue weighted by Crippen LogP contribution is 2.11. The van der Waals surface area contributed by atoms with Crippen molar-refractivity contribution in [1.82, 2.24) is 20.9 Å². The Morgan fingerprint density at radius 2 is 2.03 bits per heavy atom. The monoisotopic (exact) mass is 429 g/mol. The molecule has 1 aromatic rings. The van der Waals surface area contributed by atoms with Crippen molar-refractivity contribution in [2.24, 2.45) is 4.99 Å². The normalized spacial score (nSPS) is 15.9. The number of likely N-dealkylation sites (tertiary alicyclic amines) is 1. The molecule has 1 aliphatic rings. The maximum Gasteiger partial charge on any atom is 0.251 e. The molecule has 2 rings (SSSR count). The lowest BCUT2D eigenvalue weighted by molar-refractivity contribution is -0.130. The van der Waals surface area contributed by atoms with Gasteiger partial charge in [-0.3, -0.25) is 9.59 Å². The molecule has 31 heavy (non-hydrogen) atoms. The van der Waals surface area contributed by atoms with E-state index in [0.29, 0.717) is 18.5 Å². The van der Waals surface area contributed by atoms with Gasteiger partial charge in [0.2, 0.25) is 5.91 Å². The molecule has 172 valence electrons. The Kier molecular flexibility index (Phi) is 10.9. The predicted molar refractivity (Wildman–Crippen MR) is 126 cm³/mol. The standard InChI is InChI=1S/C24H39N5O2/c1-4-19(3)28-23(31)21-12-9-11-20(17-21)18-27-24(25-5-2)26-14-10-16-29-15-8-6-7-13-22(29)30/h9,11-12,17,19H,4-8,10,13-16,18H2,1-3H3,(H,28,31)(H2,25,26,27). The SMILES string of the molecule is CCNC(=NCc1cccc(C(=O)NC(C)CC)c1)NCCCN1CCCCCC1=O. The molecular formula is C24H39N5O2. The summed E-state index contributed by atoms with van der Waals surface area (Å²) in [7, 11) is 0. The van der Waals surface area contributed by atoms with Gasteiger partial charge in [-0.05, 0) is 57.2 Å². The highest BCUT2D eigenvalue weighted by molar-refractivity contribution is 5.94. The van der Waals surface area contributed by atoms with Gasteiger partial charge in [0.15, 0.2) is 5.96 Å². The average molecular weight is 430 g/mol. The van der Waals surface area contributed by atoms with Gasteiger partial charge >= 0.3 is 0 Å². The van der Waals surface area contributed by atoms with E-state index in [1.54, 1.807) is 0 Å². The van der Waals surface area contributed by atoms with Crippen molar-refractivity contribution < 1.29 is 9.59 Å². The van der Waals surface area contributed by atoms with E-state index in [9.17, 15) is 9.59 Å². The summed E-state index contributed by atoms with van der Waals surface area (Å²) in [4.78, 5) is 31.1. The minimum Gasteiger partial charge on any atom is -0.357 e. The quantitative estimate of drug-likeness (QED) is 0.303. The zero-order valence-corrected chi connectivity index (χ0v) is 19.4. The number of rotatable bonds is 10. The molecular weight excluding hydrogens is 390 g/mol. The number of guanidine groups is 1. The van der Waals surface area contributed by atoms with E-state index in [-0.39, 0.29) is 17.9 Å². The highest BCUT2D eigenvalue weighted by atomic mass is 16.2. The molecule has 2 amide bonds. The van der Waals surface area contributed by atoms with E-state index in [0.717, 1.165) is 69.8 Å². The van der Waals surface area contributed by atoms with E-state index in [4.69, 9.17) is 0 Å². The molecule has 1 unspecified atom stereocenters. The Morgan fingerprint density at radius 1 is 1.19 bits per heavy atom. The van der Waals surface area contributed by atoms with Crippen molar-refractivity contribution in [2.45, 2.75) is 71.9 Å². The van der Waals surface area contributed by atoms with E-state index in [2.05, 4.69) is 27.9 Å². The molecule has 7 heteroatoms. The molecule has 0 saturated carbocycles. The molecule has 0 aromatic heterocycles. The summed E-state index contributed by atoms with van der Waals surface area (Å²) in [5, 5.41) is 9.61. The van der Waals surface area contributed by atoms with Crippen molar-refractivity contribution in [2.75, 3.05) is 26.2 Å². The minimum absolute atomic E-state index is 0.0479. The first kappa shape index (κ1) is 24.7. The Hall–Kier alpha value is -2.57. The Bertz CT molecular complexity index is 734. The van der Waals surface area contributed by atoms with Crippen LogP contribution in [0, 0.1) is 0 Å². The zero-order chi connectivity index (χ0) is 22.5. The largest absolute Gasteiger partial charge is 0.357 e. The number of nitrogens with one attached hydrogen (secondary N) is 3. The van der Waals surface area contributed by atoms with Crippen LogP contribution >= 0.6 is 0 Å². The fourth-order valence-electron chi connectivity index (χ4n) is 3.48. The second kappa shape index (κ2) is 13.7. The van der Waals surface area contributed by atoms with Crippen LogP contribution in [0.3, 0.4) is 0 Å². The van der Waals surface area contributed by atoms with E-state index in [1.165, 1.54) is 0 Å². The van der Waals surface area contributed by atoms with Gasteiger partial charge in [-0.15, -0.1) is 0 Å². The summed E-state index contributed by atoms with van der Waals surface area (Å²) in [6, 6.07) is 7.77. The van der Waals surface area contributed by atoms with Crippen LogP contribution in [-0.2, 0) is 11.3 Å². The molecule has 1 heterocycles. The number of carbonyl (C=O) groups excluding carboxylic acids is 2. The summed E-state index contributed by atoms with van der Waals surface area (Å²) in [6.07, 6.45) is 5.76. The average Bonchev–Trinajstić information content (AvgIpc) is 2.98. The summed E-state index contributed by atoms with van der Waals surface area (Å²) in [6.45, 7) is 9.78. The van der Waals surface area contributed by atoms with Gasteiger partial charge < -0.3 is 20.9 Å². The van der Waals surface area contributed by atoms with Crippen LogP contribution in [-0.4, -0.2) is 54.9 Å². The lowest BCUT2D eigenvalue weighted by atomic mass is 10.1. The van der Waals surface area contributed by atoms with Crippen molar-refractivity contribution in [1.29, 1.82) is 0 Å². The van der Waals surface area contributed by atoms with Gasteiger partial charge in [0.1, 0.15) is 0 Å². The predicted octanol–water partition coefficient (Wildman–Crippen LogP) is 3.06. The molecule has 0 spiro atoms. The first-order valence-electron chi connectivity index (χ1n) is 11.7. The topological polar surface area (TPSA) is 85.8 Å². The van der Waals surface area contributed by atoms with Crippen LogP contribution < -0.4 is 16.0 Å². The van der Waals surface area contributed by atoms with Crippen molar-refractivity contribution in [3.05, 3.63) is 35.4 Å². The lowest BCUT2D eigenvalue weighted by Crippen LogP contribution is -2.39. The van der Waals surface area contributed by atoms with Gasteiger partial charge in [-0.2, -0.15) is 0 Å². The van der Waals surface area contributed by atoms with Crippen LogP contribution in [0.1, 0.15) is 75.2 Å². The molecule has 0 bridgehead atoms. The van der Waals surface area contributed by atoms with Gasteiger partial charge in [-0.25, -0.2) is 4.99 Å². The summed E-state index contributed by atoms with van der Waals surface area (Å²) < 4.78 is 0. The zero-order valence-electron chi connectivity index (χ0n) is 19.4. The number of carbonyl (C=O) groups is 2. The van der Waals surface area contributed by atoms with Crippen molar-refractivity contribution >= 4 is 17.8 Å². The van der Waals surface area contributed by atoms with Crippen LogP contribution in [0.5, 0.6) is 0 Å². The van der Waals surface area contributed by atoms with Crippen LogP contribution in [0.2, 0.25) is 0 Å². The summed E-state index contributed by atoms with van der Waals surface area (Å²) >= 11 is 0. The lowest BCUT2D eigenvalue weighted by Gasteiger charge is -2.20. The smallest absolute Gasteiger partial charge is 0.251 e. The highest BCUT2D eigenvalue weighted by Gasteiger charge is 2.15. The third-order valence-electron chi connectivity index (χ3n) is 5.51. The molecule has 1 aliphatic heterocycles. The minimum atomic E-state index is -0.0479. The molecule has 1 saturated heterocycles. The fourth-order valence-corrected chi connectivity index (χ4v) is 3.48. The molecule has 1 atom stereocenters. The molecule has 1 aromatic carbocycles. The Morgan fingerprint density at radius 3 is 2.81 bits per heavy atom. The van der Waals surface area contributed by atoms with Gasteiger partial charge in [-0.1, -0.05) is 25.5 Å². The molecule has 0 radical (unpaired) electrons. The van der Waals surface area contributed by atoms with Crippen molar-refractivity contribution in [3.8, 4) is 0 Å². The van der Waals surface area contributed by atoms with Gasteiger partial charge in [0, 0.05) is 44.2 Å². The second-order valence-corrected chi connectivity index (χ2v) is 8.15. The number of hydrogen-bond donors (Lipinski definition) is 3. The van der Waals surface area contributed by atoms with E-state index in [1.807, 2.05) is 43.0 Å². The molecule has 7 nitrogen and oxygen atoms in total. The maximum atomic E-state index is 12.4. The summed E-state index contributed by atoms with van der Waals surface area (Å²) in [5.41, 5.74) is 1.65. The molecule has 0 aliphatic carbocycles. The second-order valence-electron chi connectivity index (χ2n) is 8.15. The molecule has 1 fully saturated rings. The van der Waals surface area contributed by atoms with E-state index >= 15 is 0 Å². The Balaban J connectivity index is 1.85. The third-order valence-corrected chi connectivity index (χ3v) is 5.51. The molecule has 3 N–H and O–H groups in total. The van der Waals surface area contributed by atoms with Crippen LogP contribution in [0.15, 0.2) is 29.3 Å². The summed E-state index contributed by atoms with van der Waals surface area (Å²) in [5.74, 6) is 0.989. The van der Waals surface area contributed by atoms with Crippen LogP contribution in [0.4, 0.5) is 0 Å². The number of amides is 2. The number of nitrogens with zero attached hydrogens (tertiary/aromatic N) is 2. The number of aliphatic imine (C=N–C) groups is 1. The van der Waals surface area contributed by atoms with Crippen molar-refractivity contribution in [3.63, 3.8) is 0 Å². The van der Waals surface area contributed by atoms with E-state index < -0.39 is 0 Å². The fraction of sp³-hybridized carbons (Fsp3) is 0.625. The first-order valence-corrected chi connectivity index (χ1v) is 11.7. The van der Waals surface area contributed by atoms with Gasteiger partial charge in [0.25, 0.3) is 5.91 Å². The first-order chi connectivity index (χ1) is 15.0. The maximum absolute atomic E-state index is 12.4. The third kappa shape index (κ3) is 8.99. The van der Waals surface area contributed by atoms with Crippen LogP contribution in [0.25, 0.3) is 0 Å². The van der Waals surface area contributed by atoms with Gasteiger partial charge in [0.05, 0.1) is 6.54 Å². The number of benzene rings is 1.